The van der Waals surface area contributed by atoms with E-state index >= 15 is 0 Å². The van der Waals surface area contributed by atoms with E-state index in [-0.39, 0.29) is 23.9 Å². The maximum absolute atomic E-state index is 12.4. The van der Waals surface area contributed by atoms with E-state index in [1.807, 2.05) is 13.8 Å². The van der Waals surface area contributed by atoms with Gasteiger partial charge in [-0.1, -0.05) is 13.8 Å². The van der Waals surface area contributed by atoms with E-state index < -0.39 is 0 Å². The number of halogens is 1. The molecule has 0 aliphatic rings. The van der Waals surface area contributed by atoms with E-state index in [0.29, 0.717) is 5.69 Å². The summed E-state index contributed by atoms with van der Waals surface area (Å²) in [6.45, 7) is 3.68. The molecule has 0 fully saturated rings. The monoisotopic (exact) mass is 181 g/mol. The van der Waals surface area contributed by atoms with Gasteiger partial charge >= 0.3 is 0 Å². The number of hydrogen-bond donors (Lipinski definition) is 0. The fourth-order valence-electron chi connectivity index (χ4n) is 0.894. The Hall–Kier alpha value is -1.25. The number of nitrogens with zero attached hydrogens (tertiary/aromatic N) is 1. The molecule has 2 nitrogen and oxygen atoms in total. The highest BCUT2D eigenvalue weighted by atomic mass is 19.1. The van der Waals surface area contributed by atoms with Gasteiger partial charge in [-0.25, -0.2) is 4.39 Å². The van der Waals surface area contributed by atoms with Crippen molar-refractivity contribution < 1.29 is 9.18 Å². The molecule has 70 valence electrons. The van der Waals surface area contributed by atoms with E-state index in [0.717, 1.165) is 6.20 Å². The van der Waals surface area contributed by atoms with Crippen molar-refractivity contribution in [3.63, 3.8) is 0 Å². The van der Waals surface area contributed by atoms with Gasteiger partial charge in [-0.3, -0.25) is 9.78 Å². The minimum atomic E-state index is -0.374. The van der Waals surface area contributed by atoms with Crippen LogP contribution in [0.25, 0.3) is 0 Å². The first kappa shape index (κ1) is 9.84. The molecule has 0 aromatic carbocycles. The first-order valence-electron chi connectivity index (χ1n) is 4.22. The average Bonchev–Trinajstić information content (AvgIpc) is 2.08. The van der Waals surface area contributed by atoms with Crippen molar-refractivity contribution >= 4 is 5.78 Å². The van der Waals surface area contributed by atoms with Gasteiger partial charge in [0.25, 0.3) is 0 Å². The van der Waals surface area contributed by atoms with Crippen LogP contribution in [-0.4, -0.2) is 10.8 Å². The van der Waals surface area contributed by atoms with Crippen molar-refractivity contribution in [1.82, 2.24) is 4.98 Å². The van der Waals surface area contributed by atoms with Gasteiger partial charge in [0.15, 0.2) is 0 Å². The quantitative estimate of drug-likeness (QED) is 0.713. The van der Waals surface area contributed by atoms with Gasteiger partial charge in [0.05, 0.1) is 6.20 Å². The van der Waals surface area contributed by atoms with E-state index in [1.165, 1.54) is 12.1 Å². The van der Waals surface area contributed by atoms with Gasteiger partial charge in [-0.05, 0) is 12.1 Å². The van der Waals surface area contributed by atoms with Crippen LogP contribution < -0.4 is 0 Å². The van der Waals surface area contributed by atoms with Crippen LogP contribution in [0.3, 0.4) is 0 Å². The van der Waals surface area contributed by atoms with Crippen LogP contribution >= 0.6 is 0 Å². The second-order valence-electron chi connectivity index (χ2n) is 3.27. The smallest absolute Gasteiger partial charge is 0.141 e. The molecule has 1 aromatic heterocycles. The van der Waals surface area contributed by atoms with Crippen LogP contribution in [0, 0.1) is 11.7 Å². The summed E-state index contributed by atoms with van der Waals surface area (Å²) in [5, 5.41) is 0. The third kappa shape index (κ3) is 2.93. The Morgan fingerprint density at radius 2 is 2.23 bits per heavy atom. The van der Waals surface area contributed by atoms with Gasteiger partial charge < -0.3 is 0 Å². The number of carbonyl (C=O) groups is 1. The molecular weight excluding hydrogens is 169 g/mol. The molecule has 0 saturated carbocycles. The number of ketones is 1. The highest BCUT2D eigenvalue weighted by molar-refractivity contribution is 5.82. The van der Waals surface area contributed by atoms with E-state index in [4.69, 9.17) is 0 Å². The Balaban J connectivity index is 2.65. The largest absolute Gasteiger partial charge is 0.299 e. The van der Waals surface area contributed by atoms with Crippen molar-refractivity contribution in [3.8, 4) is 0 Å². The van der Waals surface area contributed by atoms with E-state index in [1.54, 1.807) is 0 Å². The Kier molecular flexibility index (Phi) is 3.12. The zero-order valence-electron chi connectivity index (χ0n) is 7.75. The lowest BCUT2D eigenvalue weighted by Crippen LogP contribution is -2.11. The van der Waals surface area contributed by atoms with Crippen LogP contribution in [0.5, 0.6) is 0 Å². The summed E-state index contributed by atoms with van der Waals surface area (Å²) in [7, 11) is 0. The van der Waals surface area contributed by atoms with Crippen molar-refractivity contribution in [1.29, 1.82) is 0 Å². The van der Waals surface area contributed by atoms with Crippen LogP contribution in [0.4, 0.5) is 4.39 Å². The highest BCUT2D eigenvalue weighted by Crippen LogP contribution is 2.03. The fraction of sp³-hybridized carbons (Fsp3) is 0.400. The van der Waals surface area contributed by atoms with Crippen LogP contribution in [0.1, 0.15) is 19.5 Å². The number of hydrogen-bond acceptors (Lipinski definition) is 2. The van der Waals surface area contributed by atoms with Crippen molar-refractivity contribution in [2.24, 2.45) is 5.92 Å². The molecule has 1 rings (SSSR count). The maximum Gasteiger partial charge on any atom is 0.141 e. The molecule has 0 unspecified atom stereocenters. The third-order valence-corrected chi connectivity index (χ3v) is 1.79. The number of aromatic nitrogens is 1. The van der Waals surface area contributed by atoms with Gasteiger partial charge in [0, 0.05) is 18.0 Å². The number of carbonyl (C=O) groups excluding carboxylic acids is 1. The molecule has 0 aliphatic heterocycles. The standard InChI is InChI=1S/C10H12FNO/c1-7(2)10(13)5-9-4-3-8(11)6-12-9/h3-4,6-7H,5H2,1-2H3. The molecule has 0 spiro atoms. The lowest BCUT2D eigenvalue weighted by molar-refractivity contribution is -0.121. The highest BCUT2D eigenvalue weighted by Gasteiger charge is 2.08. The molecule has 0 radical (unpaired) electrons. The number of pyridine rings is 1. The average molecular weight is 181 g/mol. The molecule has 0 saturated heterocycles. The molecular formula is C10H12FNO. The number of rotatable bonds is 3. The molecule has 0 N–H and O–H groups in total. The summed E-state index contributed by atoms with van der Waals surface area (Å²) in [5.74, 6) is -0.244. The summed E-state index contributed by atoms with van der Waals surface area (Å²) >= 11 is 0. The molecule has 13 heavy (non-hydrogen) atoms. The molecule has 3 heteroatoms. The van der Waals surface area contributed by atoms with E-state index in [2.05, 4.69) is 4.98 Å². The minimum absolute atomic E-state index is 0.00635. The fourth-order valence-corrected chi connectivity index (χ4v) is 0.894. The first-order valence-corrected chi connectivity index (χ1v) is 4.22. The lowest BCUT2D eigenvalue weighted by Gasteiger charge is -2.02. The first-order chi connectivity index (χ1) is 6.09. The predicted octanol–water partition coefficient (Wildman–Crippen LogP) is 1.99. The third-order valence-electron chi connectivity index (χ3n) is 1.79. The number of Topliss-reactive ketones (excluding diaryl/α,β-unsaturated/α-hetero) is 1. The van der Waals surface area contributed by atoms with Crippen molar-refractivity contribution in [3.05, 3.63) is 29.8 Å². The van der Waals surface area contributed by atoms with Crippen LogP contribution in [0.2, 0.25) is 0 Å². The summed E-state index contributed by atoms with van der Waals surface area (Å²) in [4.78, 5) is 15.1. The minimum Gasteiger partial charge on any atom is -0.299 e. The topological polar surface area (TPSA) is 30.0 Å². The maximum atomic E-state index is 12.4. The van der Waals surface area contributed by atoms with Gasteiger partial charge in [-0.15, -0.1) is 0 Å². The molecule has 0 bridgehead atoms. The second kappa shape index (κ2) is 4.12. The molecule has 1 heterocycles. The summed E-state index contributed by atoms with van der Waals surface area (Å²) in [5.41, 5.74) is 0.625. The summed E-state index contributed by atoms with van der Waals surface area (Å²) in [6, 6.07) is 2.85. The van der Waals surface area contributed by atoms with Gasteiger partial charge in [0.2, 0.25) is 0 Å². The van der Waals surface area contributed by atoms with Crippen LogP contribution in [-0.2, 0) is 11.2 Å². The molecule has 0 amide bonds. The van der Waals surface area contributed by atoms with E-state index in [9.17, 15) is 9.18 Å². The van der Waals surface area contributed by atoms with Crippen LogP contribution in [0.15, 0.2) is 18.3 Å². The SMILES string of the molecule is CC(C)C(=O)Cc1ccc(F)cn1. The second-order valence-corrected chi connectivity index (χ2v) is 3.27. The molecule has 1 aromatic rings. The van der Waals surface area contributed by atoms with Gasteiger partial charge in [0.1, 0.15) is 11.6 Å². The normalized spacial score (nSPS) is 10.5. The Bertz CT molecular complexity index is 292. The van der Waals surface area contributed by atoms with Gasteiger partial charge in [-0.2, -0.15) is 0 Å². The lowest BCUT2D eigenvalue weighted by atomic mass is 10.0. The Morgan fingerprint density at radius 1 is 1.54 bits per heavy atom. The zero-order chi connectivity index (χ0) is 9.84. The Labute approximate surface area is 76.8 Å². The summed E-state index contributed by atoms with van der Waals surface area (Å²) < 4.78 is 12.4. The molecule has 0 aliphatic carbocycles. The zero-order valence-corrected chi connectivity index (χ0v) is 7.75. The molecule has 0 atom stereocenters. The predicted molar refractivity (Wildman–Crippen MR) is 47.7 cm³/mol. The van der Waals surface area contributed by atoms with Crippen molar-refractivity contribution in [2.75, 3.05) is 0 Å². The summed E-state index contributed by atoms with van der Waals surface area (Å²) in [6.07, 6.45) is 1.42. The Morgan fingerprint density at radius 3 is 2.69 bits per heavy atom. The van der Waals surface area contributed by atoms with Crippen molar-refractivity contribution in [2.45, 2.75) is 20.3 Å².